The van der Waals surface area contributed by atoms with Crippen LogP contribution in [0.1, 0.15) is 0 Å². The molecule has 0 unspecified atom stereocenters. The maximum atomic E-state index is 6.89. The van der Waals surface area contributed by atoms with E-state index in [4.69, 9.17) is 18.3 Å². The molecule has 0 aromatic carbocycles. The highest BCUT2D eigenvalue weighted by molar-refractivity contribution is 5.96. The number of nitrogens with one attached hydrogen (secondary N) is 1. The molecule has 0 fully saturated rings. The Morgan fingerprint density at radius 2 is 2.12 bits per heavy atom. The number of hydrogen-bond donors (Lipinski definition) is 1. The van der Waals surface area contributed by atoms with E-state index in [-0.39, 0.29) is 5.84 Å². The third kappa shape index (κ3) is 1.36. The summed E-state index contributed by atoms with van der Waals surface area (Å²) in [5, 5.41) is 6.89. The van der Waals surface area contributed by atoms with Crippen LogP contribution in [0.5, 0.6) is 0 Å². The van der Waals surface area contributed by atoms with E-state index in [1.54, 1.807) is 7.05 Å². The van der Waals surface area contributed by atoms with Crippen molar-refractivity contribution < 1.29 is 0 Å². The normalized spacial score (nSPS) is 6.38. The Labute approximate surface area is 49.0 Å². The second-order valence-electron chi connectivity index (χ2n) is 1.18. The molecule has 1 N–H and O–H groups in total. The smallest absolute Gasteiger partial charge is 0.184 e. The number of amidine groups is 1. The lowest BCUT2D eigenvalue weighted by Gasteiger charge is -2.03. The highest BCUT2D eigenvalue weighted by Crippen LogP contribution is 1.76. The highest BCUT2D eigenvalue weighted by Gasteiger charge is 1.91. The van der Waals surface area contributed by atoms with Crippen molar-refractivity contribution in [2.75, 3.05) is 7.05 Å². The first kappa shape index (κ1) is 6.59. The van der Waals surface area contributed by atoms with Gasteiger partial charge in [-0.2, -0.15) is 0 Å². The lowest BCUT2D eigenvalue weighted by Crippen LogP contribution is -2.17. The monoisotopic (exact) mass is 106 g/mol. The van der Waals surface area contributed by atoms with Crippen LogP contribution in [0.25, 0.3) is 0 Å². The van der Waals surface area contributed by atoms with Crippen molar-refractivity contribution in [3.8, 4) is 24.8 Å². The lowest BCUT2D eigenvalue weighted by atomic mass is 10.5. The van der Waals surface area contributed by atoms with E-state index in [2.05, 4.69) is 12.0 Å². The van der Waals surface area contributed by atoms with Crippen LogP contribution in [0, 0.1) is 30.2 Å². The third-order valence-electron chi connectivity index (χ3n) is 0.666. The molecule has 0 amide bonds. The molecule has 0 bridgehead atoms. The Balaban J connectivity index is 3.93. The van der Waals surface area contributed by atoms with Crippen molar-refractivity contribution in [3.05, 3.63) is 0 Å². The molecule has 0 rings (SSSR count). The van der Waals surface area contributed by atoms with Crippen molar-refractivity contribution in [1.29, 1.82) is 5.41 Å². The minimum Gasteiger partial charge on any atom is -0.282 e. The van der Waals surface area contributed by atoms with Crippen molar-refractivity contribution in [2.45, 2.75) is 0 Å². The van der Waals surface area contributed by atoms with Gasteiger partial charge in [-0.05, 0) is 5.92 Å². The molecule has 0 spiro atoms. The number of hydrogen-bond acceptors (Lipinski definition) is 1. The molecule has 0 saturated heterocycles. The average molecular weight is 106 g/mol. The van der Waals surface area contributed by atoms with Gasteiger partial charge in [0.25, 0.3) is 0 Å². The zero-order valence-corrected chi connectivity index (χ0v) is 4.60. The van der Waals surface area contributed by atoms with Crippen molar-refractivity contribution in [3.63, 3.8) is 0 Å². The molecule has 8 heavy (non-hydrogen) atoms. The maximum absolute atomic E-state index is 6.89. The quantitative estimate of drug-likeness (QED) is 0.202. The fourth-order valence-electron chi connectivity index (χ4n) is 0.161. The van der Waals surface area contributed by atoms with Crippen LogP contribution in [-0.2, 0) is 0 Å². The fourth-order valence-corrected chi connectivity index (χ4v) is 0.161. The first-order valence-corrected chi connectivity index (χ1v) is 1.97. The van der Waals surface area contributed by atoms with Gasteiger partial charge < -0.3 is 0 Å². The molecule has 40 valence electrons. The predicted molar refractivity (Wildman–Crippen MR) is 33.2 cm³/mol. The molecule has 0 aromatic rings. The molecule has 0 aliphatic rings. The molecular weight excluding hydrogens is 100 g/mol. The summed E-state index contributed by atoms with van der Waals surface area (Å²) in [7, 11) is 1.56. The zero-order valence-electron chi connectivity index (χ0n) is 4.60. The van der Waals surface area contributed by atoms with Gasteiger partial charge in [-0.25, -0.2) is 0 Å². The Hall–Kier alpha value is -1.41. The predicted octanol–water partition coefficient (Wildman–Crippen LogP) is 0.119. The number of terminal acetylenes is 2. The Morgan fingerprint density at radius 3 is 2.25 bits per heavy atom. The van der Waals surface area contributed by atoms with Crippen molar-refractivity contribution in [1.82, 2.24) is 4.90 Å². The molecule has 0 aromatic heterocycles. The SMILES string of the molecule is C#CC(=N)N(C)C#C. The summed E-state index contributed by atoms with van der Waals surface area (Å²) in [4.78, 5) is 1.22. The van der Waals surface area contributed by atoms with Gasteiger partial charge in [0.05, 0.1) is 0 Å². The van der Waals surface area contributed by atoms with E-state index in [0.717, 1.165) is 0 Å². The average Bonchev–Trinajstić information content (AvgIpc) is 1.84. The fraction of sp³-hybridized carbons (Fsp3) is 0.167. The molecule has 0 radical (unpaired) electrons. The number of rotatable bonds is 0. The van der Waals surface area contributed by atoms with E-state index < -0.39 is 0 Å². The van der Waals surface area contributed by atoms with Gasteiger partial charge >= 0.3 is 0 Å². The van der Waals surface area contributed by atoms with E-state index in [0.29, 0.717) is 0 Å². The topological polar surface area (TPSA) is 27.1 Å². The molecular formula is C6H6N2. The van der Waals surface area contributed by atoms with Crippen LogP contribution in [0.15, 0.2) is 0 Å². The van der Waals surface area contributed by atoms with Gasteiger partial charge in [0.1, 0.15) is 0 Å². The van der Waals surface area contributed by atoms with Gasteiger partial charge in [0.2, 0.25) is 0 Å². The minimum absolute atomic E-state index is 0.00694. The molecule has 0 aliphatic heterocycles. The highest BCUT2D eigenvalue weighted by atomic mass is 15.1. The largest absolute Gasteiger partial charge is 0.282 e. The maximum Gasteiger partial charge on any atom is 0.184 e. The van der Waals surface area contributed by atoms with Crippen molar-refractivity contribution >= 4 is 5.84 Å². The van der Waals surface area contributed by atoms with Gasteiger partial charge in [0.15, 0.2) is 5.84 Å². The van der Waals surface area contributed by atoms with Crippen LogP contribution >= 0.6 is 0 Å². The molecule has 2 nitrogen and oxygen atoms in total. The van der Waals surface area contributed by atoms with Crippen molar-refractivity contribution in [2.24, 2.45) is 0 Å². The summed E-state index contributed by atoms with van der Waals surface area (Å²) < 4.78 is 0. The van der Waals surface area contributed by atoms with E-state index in [9.17, 15) is 0 Å². The summed E-state index contributed by atoms with van der Waals surface area (Å²) in [6.45, 7) is 0. The first-order chi connectivity index (χ1) is 3.72. The van der Waals surface area contributed by atoms with Crippen LogP contribution in [-0.4, -0.2) is 17.8 Å². The van der Waals surface area contributed by atoms with E-state index in [1.165, 1.54) is 4.90 Å². The summed E-state index contributed by atoms with van der Waals surface area (Å²) in [6, 6.07) is 2.18. The van der Waals surface area contributed by atoms with Crippen LogP contribution in [0.4, 0.5) is 0 Å². The van der Waals surface area contributed by atoms with Gasteiger partial charge in [-0.15, -0.1) is 6.42 Å². The molecule has 0 aliphatic carbocycles. The second kappa shape index (κ2) is 2.71. The number of nitrogens with zero attached hydrogens (tertiary/aromatic N) is 1. The summed E-state index contributed by atoms with van der Waals surface area (Å²) in [5.74, 6) is 2.09. The lowest BCUT2D eigenvalue weighted by molar-refractivity contribution is 0.730. The zero-order chi connectivity index (χ0) is 6.57. The molecule has 0 heterocycles. The summed E-state index contributed by atoms with van der Waals surface area (Å²) >= 11 is 0. The minimum atomic E-state index is 0.00694. The molecule has 2 heteroatoms. The van der Waals surface area contributed by atoms with Crippen LogP contribution in [0.3, 0.4) is 0 Å². The van der Waals surface area contributed by atoms with E-state index >= 15 is 0 Å². The standard InChI is InChI=1S/C6H6N2/c1-4-6(7)8(3)5-2/h1-2,7H,3H3. The molecule has 0 saturated carbocycles. The molecule has 0 atom stereocenters. The second-order valence-corrected chi connectivity index (χ2v) is 1.18. The van der Waals surface area contributed by atoms with Crippen LogP contribution in [0.2, 0.25) is 0 Å². The summed E-state index contributed by atoms with van der Waals surface area (Å²) in [6.07, 6.45) is 9.72. The Bertz CT molecular complexity index is 168. The first-order valence-electron chi connectivity index (χ1n) is 1.97. The van der Waals surface area contributed by atoms with Crippen LogP contribution < -0.4 is 0 Å². The Morgan fingerprint density at radius 1 is 1.62 bits per heavy atom. The Kier molecular flexibility index (Phi) is 2.23. The summed E-state index contributed by atoms with van der Waals surface area (Å²) in [5.41, 5.74) is 0. The van der Waals surface area contributed by atoms with E-state index in [1.807, 2.05) is 0 Å². The van der Waals surface area contributed by atoms with Gasteiger partial charge in [-0.1, -0.05) is 6.42 Å². The van der Waals surface area contributed by atoms with Gasteiger partial charge in [0, 0.05) is 13.1 Å². The third-order valence-corrected chi connectivity index (χ3v) is 0.666. The van der Waals surface area contributed by atoms with Gasteiger partial charge in [-0.3, -0.25) is 10.3 Å².